The SMILES string of the molecule is CC(C)n1cnc2cnc(Nc3ccncn3)cc21. The van der Waals surface area contributed by atoms with Crippen molar-refractivity contribution in [3.63, 3.8) is 0 Å². The Morgan fingerprint density at radius 2 is 2.05 bits per heavy atom. The van der Waals surface area contributed by atoms with Gasteiger partial charge >= 0.3 is 0 Å². The van der Waals surface area contributed by atoms with Crippen molar-refractivity contribution in [2.75, 3.05) is 5.32 Å². The van der Waals surface area contributed by atoms with E-state index in [0.717, 1.165) is 22.7 Å². The summed E-state index contributed by atoms with van der Waals surface area (Å²) in [6, 6.07) is 4.13. The van der Waals surface area contributed by atoms with E-state index in [4.69, 9.17) is 0 Å². The normalized spacial score (nSPS) is 11.1. The maximum Gasteiger partial charge on any atom is 0.134 e. The summed E-state index contributed by atoms with van der Waals surface area (Å²) in [6.07, 6.45) is 6.79. The molecule has 0 aliphatic heterocycles. The van der Waals surface area contributed by atoms with Crippen LogP contribution < -0.4 is 5.32 Å². The number of hydrogen-bond acceptors (Lipinski definition) is 5. The molecule has 0 saturated carbocycles. The first-order valence-electron chi connectivity index (χ1n) is 6.09. The molecule has 3 aromatic heterocycles. The number of nitrogens with zero attached hydrogens (tertiary/aromatic N) is 5. The van der Waals surface area contributed by atoms with E-state index in [0.29, 0.717) is 6.04 Å². The molecule has 96 valence electrons. The first kappa shape index (κ1) is 11.6. The Kier molecular flexibility index (Phi) is 2.83. The van der Waals surface area contributed by atoms with Crippen LogP contribution in [0.5, 0.6) is 0 Å². The minimum Gasteiger partial charge on any atom is -0.328 e. The minimum absolute atomic E-state index is 0.360. The number of pyridine rings is 1. The minimum atomic E-state index is 0.360. The number of hydrogen-bond donors (Lipinski definition) is 1. The zero-order chi connectivity index (χ0) is 13.2. The molecule has 0 spiro atoms. The molecule has 1 N–H and O–H groups in total. The second-order valence-electron chi connectivity index (χ2n) is 4.52. The number of rotatable bonds is 3. The van der Waals surface area contributed by atoms with Crippen LogP contribution in [-0.4, -0.2) is 24.5 Å². The van der Waals surface area contributed by atoms with Crippen molar-refractivity contribution in [2.24, 2.45) is 0 Å². The fourth-order valence-electron chi connectivity index (χ4n) is 1.91. The summed E-state index contributed by atoms with van der Waals surface area (Å²) in [5, 5.41) is 3.15. The lowest BCUT2D eigenvalue weighted by atomic mass is 10.3. The second-order valence-corrected chi connectivity index (χ2v) is 4.52. The molecule has 6 heteroatoms. The van der Waals surface area contributed by atoms with Gasteiger partial charge < -0.3 is 9.88 Å². The molecule has 0 aromatic carbocycles. The largest absolute Gasteiger partial charge is 0.328 e. The molecule has 0 amide bonds. The molecule has 19 heavy (non-hydrogen) atoms. The summed E-state index contributed by atoms with van der Waals surface area (Å²) in [4.78, 5) is 16.7. The van der Waals surface area contributed by atoms with Crippen LogP contribution in [0.25, 0.3) is 11.0 Å². The van der Waals surface area contributed by atoms with Crippen molar-refractivity contribution in [1.29, 1.82) is 0 Å². The van der Waals surface area contributed by atoms with Crippen molar-refractivity contribution in [2.45, 2.75) is 19.9 Å². The molecule has 3 aromatic rings. The lowest BCUT2D eigenvalue weighted by Crippen LogP contribution is -2.00. The van der Waals surface area contributed by atoms with Crippen molar-refractivity contribution in [3.05, 3.63) is 37.2 Å². The molecule has 0 aliphatic carbocycles. The first-order chi connectivity index (χ1) is 9.24. The third-order valence-corrected chi connectivity index (χ3v) is 2.86. The Hall–Kier alpha value is -2.50. The molecular formula is C13H14N6. The molecule has 0 aliphatic rings. The lowest BCUT2D eigenvalue weighted by Gasteiger charge is -2.09. The average molecular weight is 254 g/mol. The Bertz CT molecular complexity index is 689. The molecule has 0 atom stereocenters. The van der Waals surface area contributed by atoms with Gasteiger partial charge in [-0.05, 0) is 19.9 Å². The molecule has 6 nitrogen and oxygen atoms in total. The van der Waals surface area contributed by atoms with E-state index in [1.807, 2.05) is 12.4 Å². The predicted octanol–water partition coefficient (Wildman–Crippen LogP) is 2.55. The summed E-state index contributed by atoms with van der Waals surface area (Å²) in [6.45, 7) is 4.25. The highest BCUT2D eigenvalue weighted by Gasteiger charge is 2.07. The predicted molar refractivity (Wildman–Crippen MR) is 73.2 cm³/mol. The Morgan fingerprint density at radius 3 is 2.79 bits per heavy atom. The first-order valence-corrected chi connectivity index (χ1v) is 6.09. The molecule has 0 bridgehead atoms. The summed E-state index contributed by atoms with van der Waals surface area (Å²) in [5.74, 6) is 1.46. The lowest BCUT2D eigenvalue weighted by molar-refractivity contribution is 0.617. The number of aromatic nitrogens is 5. The average Bonchev–Trinajstić information content (AvgIpc) is 2.83. The Morgan fingerprint density at radius 1 is 1.16 bits per heavy atom. The number of imidazole rings is 1. The third-order valence-electron chi connectivity index (χ3n) is 2.86. The summed E-state index contributed by atoms with van der Waals surface area (Å²) in [7, 11) is 0. The monoisotopic (exact) mass is 254 g/mol. The van der Waals surface area contributed by atoms with E-state index < -0.39 is 0 Å². The molecule has 3 heterocycles. The molecule has 0 fully saturated rings. The van der Waals surface area contributed by atoms with E-state index in [1.165, 1.54) is 6.33 Å². The van der Waals surface area contributed by atoms with Crippen LogP contribution in [-0.2, 0) is 0 Å². The van der Waals surface area contributed by atoms with Crippen molar-refractivity contribution < 1.29 is 0 Å². The van der Waals surface area contributed by atoms with Crippen molar-refractivity contribution >= 4 is 22.7 Å². The fourth-order valence-corrected chi connectivity index (χ4v) is 1.91. The number of anilines is 2. The van der Waals surface area contributed by atoms with Crippen LogP contribution in [0.1, 0.15) is 19.9 Å². The molecule has 0 saturated heterocycles. The van der Waals surface area contributed by atoms with Crippen LogP contribution in [0.15, 0.2) is 37.2 Å². The van der Waals surface area contributed by atoms with Crippen molar-refractivity contribution in [3.8, 4) is 0 Å². The summed E-state index contributed by atoms with van der Waals surface area (Å²) in [5.41, 5.74) is 1.95. The molecule has 0 unspecified atom stereocenters. The third kappa shape index (κ3) is 2.24. The van der Waals surface area contributed by atoms with E-state index in [9.17, 15) is 0 Å². The molecular weight excluding hydrogens is 240 g/mol. The van der Waals surface area contributed by atoms with Gasteiger partial charge in [-0.3, -0.25) is 0 Å². The van der Waals surface area contributed by atoms with E-state index >= 15 is 0 Å². The number of nitrogens with one attached hydrogen (secondary N) is 1. The van der Waals surface area contributed by atoms with Gasteiger partial charge in [-0.15, -0.1) is 0 Å². The maximum absolute atomic E-state index is 4.34. The van der Waals surface area contributed by atoms with Gasteiger partial charge in [0.15, 0.2) is 0 Å². The van der Waals surface area contributed by atoms with Gasteiger partial charge in [0, 0.05) is 18.3 Å². The van der Waals surface area contributed by atoms with E-state index in [2.05, 4.69) is 43.7 Å². The Balaban J connectivity index is 1.99. The molecule has 0 radical (unpaired) electrons. The topological polar surface area (TPSA) is 68.5 Å². The smallest absolute Gasteiger partial charge is 0.134 e. The van der Waals surface area contributed by atoms with Crippen LogP contribution in [0.2, 0.25) is 0 Å². The Labute approximate surface area is 110 Å². The highest BCUT2D eigenvalue weighted by molar-refractivity contribution is 5.78. The van der Waals surface area contributed by atoms with Crippen LogP contribution >= 0.6 is 0 Å². The summed E-state index contributed by atoms with van der Waals surface area (Å²) < 4.78 is 2.11. The van der Waals surface area contributed by atoms with Gasteiger partial charge in [0.1, 0.15) is 23.5 Å². The molecule has 3 rings (SSSR count). The van der Waals surface area contributed by atoms with E-state index in [-0.39, 0.29) is 0 Å². The maximum atomic E-state index is 4.34. The highest BCUT2D eigenvalue weighted by Crippen LogP contribution is 2.20. The zero-order valence-electron chi connectivity index (χ0n) is 10.8. The van der Waals surface area contributed by atoms with E-state index in [1.54, 1.807) is 18.5 Å². The van der Waals surface area contributed by atoms with Gasteiger partial charge in [0.25, 0.3) is 0 Å². The second kappa shape index (κ2) is 4.64. The van der Waals surface area contributed by atoms with Gasteiger partial charge in [0.2, 0.25) is 0 Å². The standard InChI is InChI=1S/C13H14N6/c1-9(2)19-8-17-10-6-15-13(5-11(10)19)18-12-3-4-14-7-16-12/h3-9H,1-2H3,(H,14,15,16,18). The van der Waals surface area contributed by atoms with Gasteiger partial charge in [-0.1, -0.05) is 0 Å². The quantitative estimate of drug-likeness (QED) is 0.777. The van der Waals surface area contributed by atoms with Crippen molar-refractivity contribution in [1.82, 2.24) is 24.5 Å². The van der Waals surface area contributed by atoms with Gasteiger partial charge in [-0.2, -0.15) is 0 Å². The van der Waals surface area contributed by atoms with Crippen LogP contribution in [0.3, 0.4) is 0 Å². The van der Waals surface area contributed by atoms with Gasteiger partial charge in [-0.25, -0.2) is 19.9 Å². The zero-order valence-corrected chi connectivity index (χ0v) is 10.8. The highest BCUT2D eigenvalue weighted by atomic mass is 15.1. The van der Waals surface area contributed by atoms with Crippen LogP contribution in [0, 0.1) is 0 Å². The number of fused-ring (bicyclic) bond motifs is 1. The van der Waals surface area contributed by atoms with Gasteiger partial charge in [0.05, 0.1) is 18.0 Å². The summed E-state index contributed by atoms with van der Waals surface area (Å²) >= 11 is 0. The fraction of sp³-hybridized carbons (Fsp3) is 0.231. The van der Waals surface area contributed by atoms with Crippen LogP contribution in [0.4, 0.5) is 11.6 Å².